The Hall–Kier alpha value is -2.06. The smallest absolute Gasteiger partial charge is 0.257 e. The first kappa shape index (κ1) is 12.4. The van der Waals surface area contributed by atoms with Crippen molar-refractivity contribution < 1.29 is 14.6 Å². The number of carbonyl (C=O) groups excluding carboxylic acids is 1. The first-order valence-electron chi connectivity index (χ1n) is 5.72. The zero-order valence-corrected chi connectivity index (χ0v) is 10.1. The van der Waals surface area contributed by atoms with Gasteiger partial charge in [0.1, 0.15) is 5.75 Å². The lowest BCUT2D eigenvalue weighted by Gasteiger charge is -2.30. The Balaban J connectivity index is 2.21. The summed E-state index contributed by atoms with van der Waals surface area (Å²) in [5.74, 6) is -0.262. The van der Waals surface area contributed by atoms with Gasteiger partial charge in [0.05, 0.1) is 24.8 Å². The predicted octanol–water partition coefficient (Wildman–Crippen LogP) is 1.07. The number of nitriles is 1. The highest BCUT2D eigenvalue weighted by molar-refractivity contribution is 5.97. The number of phenols is 1. The highest BCUT2D eigenvalue weighted by atomic mass is 16.5. The molecule has 5 nitrogen and oxygen atoms in total. The number of aryl methyl sites for hydroxylation is 1. The summed E-state index contributed by atoms with van der Waals surface area (Å²) in [6.07, 6.45) is -0.588. The van der Waals surface area contributed by atoms with Gasteiger partial charge in [-0.2, -0.15) is 5.26 Å². The van der Waals surface area contributed by atoms with Gasteiger partial charge in [0, 0.05) is 6.54 Å². The summed E-state index contributed by atoms with van der Waals surface area (Å²) in [6.45, 7) is 2.76. The van der Waals surface area contributed by atoms with Gasteiger partial charge in [0.15, 0.2) is 6.10 Å². The molecule has 1 aromatic rings. The zero-order valence-electron chi connectivity index (χ0n) is 10.1. The number of carbonyl (C=O) groups is 1. The van der Waals surface area contributed by atoms with Crippen LogP contribution in [0, 0.1) is 18.3 Å². The molecule has 1 atom stereocenters. The maximum Gasteiger partial charge on any atom is 0.257 e. The molecule has 2 rings (SSSR count). The van der Waals surface area contributed by atoms with E-state index in [0.29, 0.717) is 18.7 Å². The first-order valence-corrected chi connectivity index (χ1v) is 5.72. The molecule has 18 heavy (non-hydrogen) atoms. The summed E-state index contributed by atoms with van der Waals surface area (Å²) in [7, 11) is 0. The molecular formula is C13H14N2O3. The van der Waals surface area contributed by atoms with E-state index in [0.717, 1.165) is 0 Å². The van der Waals surface area contributed by atoms with E-state index in [1.807, 2.05) is 6.07 Å². The third-order valence-corrected chi connectivity index (χ3v) is 2.97. The number of amides is 1. The van der Waals surface area contributed by atoms with Gasteiger partial charge < -0.3 is 14.7 Å². The van der Waals surface area contributed by atoms with E-state index in [-0.39, 0.29) is 23.8 Å². The van der Waals surface area contributed by atoms with Gasteiger partial charge in [-0.3, -0.25) is 4.79 Å². The first-order chi connectivity index (χ1) is 8.63. The van der Waals surface area contributed by atoms with Crippen molar-refractivity contribution in [2.45, 2.75) is 13.0 Å². The van der Waals surface area contributed by atoms with Crippen molar-refractivity contribution in [3.05, 3.63) is 29.3 Å². The van der Waals surface area contributed by atoms with E-state index in [2.05, 4.69) is 0 Å². The third kappa shape index (κ3) is 2.29. The predicted molar refractivity (Wildman–Crippen MR) is 64.1 cm³/mol. The summed E-state index contributed by atoms with van der Waals surface area (Å²) in [4.78, 5) is 13.8. The van der Waals surface area contributed by atoms with Crippen molar-refractivity contribution in [1.29, 1.82) is 5.26 Å². The van der Waals surface area contributed by atoms with Crippen LogP contribution in [0.15, 0.2) is 18.2 Å². The Labute approximate surface area is 105 Å². The van der Waals surface area contributed by atoms with Crippen LogP contribution in [0.25, 0.3) is 0 Å². The number of aromatic hydroxyl groups is 1. The number of phenolic OH excluding ortho intramolecular Hbond substituents is 1. The van der Waals surface area contributed by atoms with E-state index >= 15 is 0 Å². The van der Waals surface area contributed by atoms with E-state index in [4.69, 9.17) is 10.00 Å². The van der Waals surface area contributed by atoms with Crippen LogP contribution >= 0.6 is 0 Å². The molecule has 0 aromatic heterocycles. The molecule has 1 N–H and O–H groups in total. The van der Waals surface area contributed by atoms with Crippen LogP contribution in [0.1, 0.15) is 15.9 Å². The number of morpholine rings is 1. The van der Waals surface area contributed by atoms with Crippen LogP contribution in [0.3, 0.4) is 0 Å². The summed E-state index contributed by atoms with van der Waals surface area (Å²) in [5.41, 5.74) is 0.930. The number of ether oxygens (including phenoxy) is 1. The quantitative estimate of drug-likeness (QED) is 0.804. The number of benzene rings is 1. The molecule has 1 aliphatic heterocycles. The van der Waals surface area contributed by atoms with Gasteiger partial charge in [0.25, 0.3) is 5.91 Å². The van der Waals surface area contributed by atoms with Gasteiger partial charge in [-0.1, -0.05) is 12.1 Å². The molecule has 1 aliphatic rings. The molecule has 0 bridgehead atoms. The number of hydrogen-bond donors (Lipinski definition) is 1. The standard InChI is InChI=1S/C13H14N2O3/c1-9-3-2-4-11(12(9)16)13(17)15-5-6-18-10(7-14)8-15/h2-4,10,16H,5-6,8H2,1H3. The highest BCUT2D eigenvalue weighted by Crippen LogP contribution is 2.23. The highest BCUT2D eigenvalue weighted by Gasteiger charge is 2.26. The van der Waals surface area contributed by atoms with Crippen molar-refractivity contribution in [1.82, 2.24) is 4.90 Å². The Morgan fingerprint density at radius 2 is 2.39 bits per heavy atom. The summed E-state index contributed by atoms with van der Waals surface area (Å²) in [5, 5.41) is 18.7. The molecule has 1 amide bonds. The second kappa shape index (κ2) is 5.07. The average Bonchev–Trinajstić information content (AvgIpc) is 2.41. The van der Waals surface area contributed by atoms with Gasteiger partial charge >= 0.3 is 0 Å². The van der Waals surface area contributed by atoms with Crippen molar-refractivity contribution in [3.8, 4) is 11.8 Å². The molecule has 1 heterocycles. The van der Waals surface area contributed by atoms with Crippen molar-refractivity contribution in [3.63, 3.8) is 0 Å². The summed E-state index contributed by atoms with van der Waals surface area (Å²) in [6, 6.07) is 7.04. The van der Waals surface area contributed by atoms with Crippen LogP contribution in [0.2, 0.25) is 0 Å². The molecule has 1 aromatic carbocycles. The minimum Gasteiger partial charge on any atom is -0.507 e. The van der Waals surface area contributed by atoms with Crippen LogP contribution in [-0.4, -0.2) is 41.7 Å². The van der Waals surface area contributed by atoms with Crippen molar-refractivity contribution in [2.75, 3.05) is 19.7 Å². The number of para-hydroxylation sites is 1. The fraction of sp³-hybridized carbons (Fsp3) is 0.385. The van der Waals surface area contributed by atoms with Gasteiger partial charge in [0.2, 0.25) is 0 Å². The fourth-order valence-corrected chi connectivity index (χ4v) is 1.91. The lowest BCUT2D eigenvalue weighted by Crippen LogP contribution is -2.45. The van der Waals surface area contributed by atoms with Gasteiger partial charge in [-0.25, -0.2) is 0 Å². The molecule has 0 spiro atoms. The molecule has 0 aliphatic carbocycles. The molecule has 5 heteroatoms. The Morgan fingerprint density at radius 3 is 3.11 bits per heavy atom. The maximum absolute atomic E-state index is 12.2. The van der Waals surface area contributed by atoms with Gasteiger partial charge in [-0.15, -0.1) is 0 Å². The number of nitrogens with zero attached hydrogens (tertiary/aromatic N) is 2. The lowest BCUT2D eigenvalue weighted by atomic mass is 10.1. The largest absolute Gasteiger partial charge is 0.507 e. The average molecular weight is 246 g/mol. The lowest BCUT2D eigenvalue weighted by molar-refractivity contribution is 0.00334. The topological polar surface area (TPSA) is 73.6 Å². The minimum absolute atomic E-state index is 0.00231. The van der Waals surface area contributed by atoms with Crippen LogP contribution in [0.4, 0.5) is 0 Å². The molecule has 94 valence electrons. The molecule has 1 unspecified atom stereocenters. The molecular weight excluding hydrogens is 232 g/mol. The molecule has 0 radical (unpaired) electrons. The summed E-state index contributed by atoms with van der Waals surface area (Å²) >= 11 is 0. The van der Waals surface area contributed by atoms with Crippen molar-refractivity contribution >= 4 is 5.91 Å². The molecule has 1 fully saturated rings. The van der Waals surface area contributed by atoms with Crippen LogP contribution in [-0.2, 0) is 4.74 Å². The second-order valence-electron chi connectivity index (χ2n) is 4.21. The van der Waals surface area contributed by atoms with Gasteiger partial charge in [-0.05, 0) is 18.6 Å². The van der Waals surface area contributed by atoms with E-state index in [1.54, 1.807) is 25.1 Å². The van der Waals surface area contributed by atoms with E-state index in [9.17, 15) is 9.90 Å². The normalized spacial score (nSPS) is 19.3. The number of rotatable bonds is 1. The van der Waals surface area contributed by atoms with Crippen molar-refractivity contribution in [2.24, 2.45) is 0 Å². The molecule has 1 saturated heterocycles. The number of hydrogen-bond acceptors (Lipinski definition) is 4. The third-order valence-electron chi connectivity index (χ3n) is 2.97. The van der Waals surface area contributed by atoms with E-state index in [1.165, 1.54) is 4.90 Å². The van der Waals surface area contributed by atoms with E-state index < -0.39 is 6.10 Å². The SMILES string of the molecule is Cc1cccc(C(=O)N2CCOC(C#N)C2)c1O. The second-order valence-corrected chi connectivity index (χ2v) is 4.21. The zero-order chi connectivity index (χ0) is 13.1. The Bertz CT molecular complexity index is 507. The van der Waals surface area contributed by atoms with Crippen LogP contribution < -0.4 is 0 Å². The van der Waals surface area contributed by atoms with Crippen LogP contribution in [0.5, 0.6) is 5.75 Å². The maximum atomic E-state index is 12.2. The minimum atomic E-state index is -0.588. The Morgan fingerprint density at radius 1 is 1.61 bits per heavy atom. The molecule has 0 saturated carbocycles. The monoisotopic (exact) mass is 246 g/mol. The summed E-state index contributed by atoms with van der Waals surface area (Å²) < 4.78 is 5.18. The Kier molecular flexibility index (Phi) is 3.49. The fourth-order valence-electron chi connectivity index (χ4n) is 1.91.